The maximum Gasteiger partial charge on any atom is 0.247 e. The first-order valence-corrected chi connectivity index (χ1v) is 11.6. The normalized spacial score (nSPS) is 15.0. The highest BCUT2D eigenvalue weighted by atomic mass is 32.2. The van der Waals surface area contributed by atoms with Gasteiger partial charge in [-0.3, -0.25) is 9.69 Å². The Bertz CT molecular complexity index is 1240. The number of aromatic nitrogens is 3. The van der Waals surface area contributed by atoms with Gasteiger partial charge in [0.1, 0.15) is 0 Å². The Kier molecular flexibility index (Phi) is 6.34. The zero-order chi connectivity index (χ0) is 23.9. The number of nitrogens with zero attached hydrogens (tertiary/aromatic N) is 4. The van der Waals surface area contributed by atoms with Crippen LogP contribution in [0.15, 0.2) is 35.5 Å². The Morgan fingerprint density at radius 1 is 1.21 bits per heavy atom. The third-order valence-corrected chi connectivity index (χ3v) is 6.43. The lowest BCUT2D eigenvalue weighted by atomic mass is 10.00. The molecule has 0 saturated carbocycles. The van der Waals surface area contributed by atoms with Gasteiger partial charge in [-0.15, -0.1) is 10.2 Å². The molecule has 0 unspecified atom stereocenters. The lowest BCUT2D eigenvalue weighted by Gasteiger charge is -2.31. The summed E-state index contributed by atoms with van der Waals surface area (Å²) < 4.78 is 35.2. The number of amides is 1. The molecule has 0 saturated heterocycles. The lowest BCUT2D eigenvalue weighted by molar-refractivity contribution is -0.118. The van der Waals surface area contributed by atoms with Crippen LogP contribution in [0, 0.1) is 31.4 Å². The van der Waals surface area contributed by atoms with Gasteiger partial charge in [0.25, 0.3) is 0 Å². The number of rotatable bonds is 4. The number of benzene rings is 2. The van der Waals surface area contributed by atoms with Crippen molar-refractivity contribution in [1.82, 2.24) is 15.2 Å². The number of hydrogen-bond acceptors (Lipinski definition) is 6. The van der Waals surface area contributed by atoms with Crippen LogP contribution in [0.3, 0.4) is 0 Å². The van der Waals surface area contributed by atoms with E-state index in [0.717, 1.165) is 22.9 Å². The van der Waals surface area contributed by atoms with Gasteiger partial charge >= 0.3 is 0 Å². The van der Waals surface area contributed by atoms with E-state index in [2.05, 4.69) is 29.0 Å². The summed E-state index contributed by atoms with van der Waals surface area (Å²) in [6, 6.07) is 7.58. The molecule has 1 aliphatic heterocycles. The highest BCUT2D eigenvalue weighted by Gasteiger charge is 2.37. The van der Waals surface area contributed by atoms with Crippen LogP contribution in [0.25, 0.3) is 11.3 Å². The highest BCUT2D eigenvalue weighted by Crippen LogP contribution is 2.46. The third-order valence-electron chi connectivity index (χ3n) is 5.17. The average molecular weight is 471 g/mol. The molecular formula is C24H24F2N4O2S. The van der Waals surface area contributed by atoms with Crippen LogP contribution in [-0.4, -0.2) is 26.8 Å². The molecule has 1 atom stereocenters. The largest absolute Gasteiger partial charge is 0.447 e. The molecule has 0 aliphatic carbocycles. The quantitative estimate of drug-likeness (QED) is 0.461. The monoisotopic (exact) mass is 470 g/mol. The molecule has 0 radical (unpaired) electrons. The second-order valence-electron chi connectivity index (χ2n) is 8.43. The number of aryl methyl sites for hydroxylation is 2. The standard InChI is InChI=1S/C24H24F2N4O2S/c1-12(2)11-33-24-27-22-20(28-29-24)17-10-13(3)9-14(4)21(17)30(15(5)31)23(32-22)16-7-6-8-18(25)19(16)26/h6-10,12,23H,11H2,1-5H3/t23-/m1/s1. The van der Waals surface area contributed by atoms with Gasteiger partial charge in [0, 0.05) is 18.2 Å². The minimum absolute atomic E-state index is 0.111. The maximum atomic E-state index is 14.9. The molecule has 4 rings (SSSR count). The van der Waals surface area contributed by atoms with E-state index in [-0.39, 0.29) is 11.4 Å². The molecule has 1 amide bonds. The molecule has 3 aromatic rings. The predicted octanol–water partition coefficient (Wildman–Crippen LogP) is 5.63. The summed E-state index contributed by atoms with van der Waals surface area (Å²) in [5, 5.41) is 9.03. The van der Waals surface area contributed by atoms with E-state index in [1.165, 1.54) is 35.7 Å². The van der Waals surface area contributed by atoms with Crippen molar-refractivity contribution in [3.63, 3.8) is 0 Å². The second kappa shape index (κ2) is 9.05. The van der Waals surface area contributed by atoms with Crippen LogP contribution in [0.1, 0.15) is 43.7 Å². The molecule has 0 bridgehead atoms. The number of fused-ring (bicyclic) bond motifs is 3. The van der Waals surface area contributed by atoms with Gasteiger partial charge in [-0.2, -0.15) is 4.98 Å². The molecule has 0 fully saturated rings. The van der Waals surface area contributed by atoms with Crippen molar-refractivity contribution >= 4 is 23.4 Å². The van der Waals surface area contributed by atoms with Crippen LogP contribution >= 0.6 is 11.8 Å². The molecule has 0 spiro atoms. The van der Waals surface area contributed by atoms with E-state index in [9.17, 15) is 13.6 Å². The first-order chi connectivity index (χ1) is 15.7. The molecule has 2 heterocycles. The van der Waals surface area contributed by atoms with Gasteiger partial charge in [-0.1, -0.05) is 49.4 Å². The number of anilines is 1. The summed E-state index contributed by atoms with van der Waals surface area (Å²) in [6.45, 7) is 9.29. The van der Waals surface area contributed by atoms with E-state index < -0.39 is 23.8 Å². The van der Waals surface area contributed by atoms with Crippen LogP contribution in [0.2, 0.25) is 0 Å². The molecule has 0 N–H and O–H groups in total. The molecule has 1 aromatic heterocycles. The van der Waals surface area contributed by atoms with Gasteiger partial charge in [0.15, 0.2) is 17.3 Å². The predicted molar refractivity (Wildman–Crippen MR) is 123 cm³/mol. The Balaban J connectivity index is 1.98. The number of halogens is 2. The number of hydrogen-bond donors (Lipinski definition) is 0. The van der Waals surface area contributed by atoms with Crippen LogP contribution in [-0.2, 0) is 4.79 Å². The smallest absolute Gasteiger partial charge is 0.247 e. The Labute approximate surface area is 195 Å². The summed E-state index contributed by atoms with van der Waals surface area (Å²) in [5.41, 5.74) is 3.03. The van der Waals surface area contributed by atoms with Crippen molar-refractivity contribution in [2.75, 3.05) is 10.7 Å². The fraction of sp³-hybridized carbons (Fsp3) is 0.333. The fourth-order valence-corrected chi connectivity index (χ4v) is 4.55. The van der Waals surface area contributed by atoms with Gasteiger partial charge in [0.05, 0.1) is 11.3 Å². The van der Waals surface area contributed by atoms with Crippen molar-refractivity contribution < 1.29 is 18.3 Å². The van der Waals surface area contributed by atoms with E-state index in [1.54, 1.807) is 0 Å². The summed E-state index contributed by atoms with van der Waals surface area (Å²) in [7, 11) is 0. The van der Waals surface area contributed by atoms with Crippen LogP contribution in [0.5, 0.6) is 5.88 Å². The lowest BCUT2D eigenvalue weighted by Crippen LogP contribution is -2.37. The van der Waals surface area contributed by atoms with Gasteiger partial charge in [-0.05, 0) is 37.5 Å². The molecule has 172 valence electrons. The third kappa shape index (κ3) is 4.42. The second-order valence-corrected chi connectivity index (χ2v) is 9.42. The number of carbonyl (C=O) groups is 1. The molecular weight excluding hydrogens is 446 g/mol. The van der Waals surface area contributed by atoms with Crippen molar-refractivity contribution in [2.45, 2.75) is 46.0 Å². The van der Waals surface area contributed by atoms with Crippen molar-refractivity contribution in [3.05, 3.63) is 58.7 Å². The van der Waals surface area contributed by atoms with Gasteiger partial charge < -0.3 is 4.74 Å². The molecule has 9 heteroatoms. The average Bonchev–Trinajstić information content (AvgIpc) is 2.88. The first-order valence-electron chi connectivity index (χ1n) is 10.6. The minimum Gasteiger partial charge on any atom is -0.447 e. The summed E-state index contributed by atoms with van der Waals surface area (Å²) in [6.07, 6.45) is -1.28. The SMILES string of the molecule is CC(=O)N1c2c(C)cc(C)cc2-c2nnc(SCC(C)C)nc2O[C@@H]1c1cccc(F)c1F. The van der Waals surface area contributed by atoms with Gasteiger partial charge in [0.2, 0.25) is 23.2 Å². The van der Waals surface area contributed by atoms with E-state index in [0.29, 0.717) is 28.0 Å². The first kappa shape index (κ1) is 23.1. The topological polar surface area (TPSA) is 68.2 Å². The van der Waals surface area contributed by atoms with Crippen LogP contribution in [0.4, 0.5) is 14.5 Å². The van der Waals surface area contributed by atoms with Crippen molar-refractivity contribution in [3.8, 4) is 17.1 Å². The highest BCUT2D eigenvalue weighted by molar-refractivity contribution is 7.99. The van der Waals surface area contributed by atoms with E-state index in [1.807, 2.05) is 26.0 Å². The maximum absolute atomic E-state index is 14.9. The molecule has 33 heavy (non-hydrogen) atoms. The fourth-order valence-electron chi connectivity index (χ4n) is 3.82. The summed E-state index contributed by atoms with van der Waals surface area (Å²) >= 11 is 1.43. The van der Waals surface area contributed by atoms with E-state index in [4.69, 9.17) is 4.74 Å². The Morgan fingerprint density at radius 3 is 2.67 bits per heavy atom. The summed E-state index contributed by atoms with van der Waals surface area (Å²) in [4.78, 5) is 18.8. The zero-order valence-electron chi connectivity index (χ0n) is 19.0. The van der Waals surface area contributed by atoms with Gasteiger partial charge in [-0.25, -0.2) is 8.78 Å². The number of carbonyl (C=O) groups excluding carboxylic acids is 1. The molecule has 1 aliphatic rings. The van der Waals surface area contributed by atoms with Crippen molar-refractivity contribution in [2.24, 2.45) is 5.92 Å². The zero-order valence-corrected chi connectivity index (χ0v) is 19.8. The Morgan fingerprint density at radius 2 is 1.97 bits per heavy atom. The molecule has 2 aromatic carbocycles. The number of thioether (sulfide) groups is 1. The minimum atomic E-state index is -1.28. The summed E-state index contributed by atoms with van der Waals surface area (Å²) in [5.74, 6) is -1.21. The van der Waals surface area contributed by atoms with Crippen molar-refractivity contribution in [1.29, 1.82) is 0 Å². The molecule has 6 nitrogen and oxygen atoms in total. The number of ether oxygens (including phenoxy) is 1. The van der Waals surface area contributed by atoms with Crippen LogP contribution < -0.4 is 9.64 Å². The Hall–Kier alpha value is -3.07. The van der Waals surface area contributed by atoms with E-state index >= 15 is 0 Å².